The molecule has 0 atom stereocenters. The lowest BCUT2D eigenvalue weighted by atomic mass is 9.94. The van der Waals surface area contributed by atoms with E-state index >= 15 is 0 Å². The normalized spacial score (nSPS) is 16.6. The summed E-state index contributed by atoms with van der Waals surface area (Å²) in [5.74, 6) is 0.0955. The first-order valence-corrected chi connectivity index (χ1v) is 7.94. The van der Waals surface area contributed by atoms with E-state index in [0.29, 0.717) is 6.54 Å². The molecule has 1 fully saturated rings. The number of aromatic nitrogens is 2. The zero-order valence-corrected chi connectivity index (χ0v) is 13.9. The van der Waals surface area contributed by atoms with E-state index in [1.807, 2.05) is 27.7 Å². The third kappa shape index (κ3) is 3.87. The quantitative estimate of drug-likeness (QED) is 0.916. The van der Waals surface area contributed by atoms with Gasteiger partial charge in [-0.05, 0) is 19.8 Å². The Bertz CT molecular complexity index is 581. The Morgan fingerprint density at radius 1 is 1.36 bits per heavy atom. The first-order valence-electron chi connectivity index (χ1n) is 7.94. The molecule has 1 amide bonds. The van der Waals surface area contributed by atoms with Gasteiger partial charge >= 0.3 is 0 Å². The molecule has 2 rings (SSSR count). The van der Waals surface area contributed by atoms with Gasteiger partial charge in [0.1, 0.15) is 0 Å². The standard InChI is InChI=1S/C16H26N4O2/c1-5-20-14(21)10-13(11-17-20)19-8-6-12(7-9-19)18-15(22)16(2,3)4/h10-12H,5-9H2,1-4H3,(H,18,22). The van der Waals surface area contributed by atoms with Crippen LogP contribution in [0.3, 0.4) is 0 Å². The minimum atomic E-state index is -0.355. The van der Waals surface area contributed by atoms with Crippen LogP contribution >= 0.6 is 0 Å². The molecule has 0 bridgehead atoms. The fourth-order valence-corrected chi connectivity index (χ4v) is 2.52. The molecule has 6 nitrogen and oxygen atoms in total. The Morgan fingerprint density at radius 3 is 2.50 bits per heavy atom. The zero-order chi connectivity index (χ0) is 16.3. The maximum Gasteiger partial charge on any atom is 0.268 e. The molecule has 2 heterocycles. The first-order chi connectivity index (χ1) is 10.3. The SMILES string of the molecule is CCn1ncc(N2CCC(NC(=O)C(C)(C)C)CC2)cc1=O. The first kappa shape index (κ1) is 16.5. The average Bonchev–Trinajstić information content (AvgIpc) is 2.47. The summed E-state index contributed by atoms with van der Waals surface area (Å²) in [6.45, 7) is 9.90. The van der Waals surface area contributed by atoms with Gasteiger partial charge in [-0.1, -0.05) is 20.8 Å². The highest BCUT2D eigenvalue weighted by molar-refractivity contribution is 5.81. The van der Waals surface area contributed by atoms with E-state index in [1.54, 1.807) is 12.3 Å². The van der Waals surface area contributed by atoms with Crippen LogP contribution < -0.4 is 15.8 Å². The molecule has 1 N–H and O–H groups in total. The molecule has 1 saturated heterocycles. The maximum absolute atomic E-state index is 12.0. The van der Waals surface area contributed by atoms with E-state index in [9.17, 15) is 9.59 Å². The van der Waals surface area contributed by atoms with Crippen molar-refractivity contribution < 1.29 is 4.79 Å². The summed E-state index contributed by atoms with van der Waals surface area (Å²) in [5.41, 5.74) is 0.449. The van der Waals surface area contributed by atoms with Crippen molar-refractivity contribution in [3.05, 3.63) is 22.6 Å². The number of anilines is 1. The van der Waals surface area contributed by atoms with Crippen molar-refractivity contribution in [2.45, 2.75) is 53.1 Å². The summed E-state index contributed by atoms with van der Waals surface area (Å²) < 4.78 is 1.44. The Kier molecular flexibility index (Phi) is 4.88. The van der Waals surface area contributed by atoms with Crippen molar-refractivity contribution in [2.75, 3.05) is 18.0 Å². The summed E-state index contributed by atoms with van der Waals surface area (Å²) >= 11 is 0. The van der Waals surface area contributed by atoms with Gasteiger partial charge in [0.05, 0.1) is 11.9 Å². The fraction of sp³-hybridized carbons (Fsp3) is 0.688. The number of carbonyl (C=O) groups excluding carboxylic acids is 1. The molecule has 1 aliphatic rings. The van der Waals surface area contributed by atoms with Crippen LogP contribution in [-0.4, -0.2) is 34.8 Å². The molecule has 0 spiro atoms. The molecule has 1 aromatic heterocycles. The summed E-state index contributed by atoms with van der Waals surface area (Å²) in [5, 5.41) is 7.28. The molecule has 0 aromatic carbocycles. The molecule has 0 saturated carbocycles. The lowest BCUT2D eigenvalue weighted by Crippen LogP contribution is -2.48. The highest BCUT2D eigenvalue weighted by Gasteiger charge is 2.26. The molecule has 1 aliphatic heterocycles. The Morgan fingerprint density at radius 2 is 2.00 bits per heavy atom. The van der Waals surface area contributed by atoms with Crippen LogP contribution in [0, 0.1) is 5.41 Å². The number of nitrogens with zero attached hydrogens (tertiary/aromatic N) is 3. The van der Waals surface area contributed by atoms with Crippen LogP contribution in [-0.2, 0) is 11.3 Å². The average molecular weight is 306 g/mol. The van der Waals surface area contributed by atoms with Crippen LogP contribution in [0.15, 0.2) is 17.1 Å². The molecule has 0 unspecified atom stereocenters. The van der Waals surface area contributed by atoms with Crippen molar-refractivity contribution in [1.82, 2.24) is 15.1 Å². The van der Waals surface area contributed by atoms with Crippen LogP contribution in [0.4, 0.5) is 5.69 Å². The van der Waals surface area contributed by atoms with Crippen molar-refractivity contribution in [3.8, 4) is 0 Å². The third-order valence-electron chi connectivity index (χ3n) is 4.03. The number of piperidine rings is 1. The van der Waals surface area contributed by atoms with Gasteiger partial charge < -0.3 is 10.2 Å². The van der Waals surface area contributed by atoms with Gasteiger partial charge in [0.2, 0.25) is 5.91 Å². The monoisotopic (exact) mass is 306 g/mol. The van der Waals surface area contributed by atoms with Gasteiger partial charge in [0.25, 0.3) is 5.56 Å². The van der Waals surface area contributed by atoms with Crippen molar-refractivity contribution >= 4 is 11.6 Å². The lowest BCUT2D eigenvalue weighted by molar-refractivity contribution is -0.129. The number of amides is 1. The van der Waals surface area contributed by atoms with Gasteiger partial charge in [-0.3, -0.25) is 9.59 Å². The van der Waals surface area contributed by atoms with Crippen molar-refractivity contribution in [1.29, 1.82) is 0 Å². The van der Waals surface area contributed by atoms with Gasteiger partial charge in [0, 0.05) is 37.2 Å². The number of carbonyl (C=O) groups is 1. The van der Waals surface area contributed by atoms with Gasteiger partial charge in [0.15, 0.2) is 0 Å². The maximum atomic E-state index is 12.0. The minimum absolute atomic E-state index is 0.0665. The van der Waals surface area contributed by atoms with E-state index in [0.717, 1.165) is 31.6 Å². The number of hydrogen-bond donors (Lipinski definition) is 1. The Hall–Kier alpha value is -1.85. The van der Waals surface area contributed by atoms with E-state index < -0.39 is 0 Å². The lowest BCUT2D eigenvalue weighted by Gasteiger charge is -2.34. The highest BCUT2D eigenvalue weighted by atomic mass is 16.2. The second-order valence-electron chi connectivity index (χ2n) is 6.85. The fourth-order valence-electron chi connectivity index (χ4n) is 2.52. The molecular formula is C16H26N4O2. The molecule has 0 radical (unpaired) electrons. The predicted molar refractivity (Wildman–Crippen MR) is 87.0 cm³/mol. The largest absolute Gasteiger partial charge is 0.370 e. The Labute approximate surface area is 131 Å². The van der Waals surface area contributed by atoms with E-state index in [1.165, 1.54) is 4.68 Å². The number of aryl methyl sites for hydroxylation is 1. The summed E-state index contributed by atoms with van der Waals surface area (Å²) in [6, 6.07) is 1.86. The van der Waals surface area contributed by atoms with E-state index in [4.69, 9.17) is 0 Å². The summed E-state index contributed by atoms with van der Waals surface area (Å²) in [6.07, 6.45) is 3.52. The summed E-state index contributed by atoms with van der Waals surface area (Å²) in [7, 11) is 0. The topological polar surface area (TPSA) is 67.2 Å². The molecule has 1 aromatic rings. The predicted octanol–water partition coefficient (Wildman–Crippen LogP) is 1.39. The van der Waals surface area contributed by atoms with E-state index in [-0.39, 0.29) is 22.9 Å². The second kappa shape index (κ2) is 6.50. The van der Waals surface area contributed by atoms with Gasteiger partial charge in [-0.2, -0.15) is 5.10 Å². The van der Waals surface area contributed by atoms with Gasteiger partial charge in [-0.15, -0.1) is 0 Å². The van der Waals surface area contributed by atoms with Gasteiger partial charge in [-0.25, -0.2) is 4.68 Å². The molecular weight excluding hydrogens is 280 g/mol. The second-order valence-corrected chi connectivity index (χ2v) is 6.85. The van der Waals surface area contributed by atoms with Crippen LogP contribution in [0.1, 0.15) is 40.5 Å². The molecule has 0 aliphatic carbocycles. The minimum Gasteiger partial charge on any atom is -0.370 e. The number of nitrogens with one attached hydrogen (secondary N) is 1. The molecule has 6 heteroatoms. The van der Waals surface area contributed by atoms with Crippen LogP contribution in [0.25, 0.3) is 0 Å². The third-order valence-corrected chi connectivity index (χ3v) is 4.03. The molecule has 122 valence electrons. The zero-order valence-electron chi connectivity index (χ0n) is 13.9. The summed E-state index contributed by atoms with van der Waals surface area (Å²) in [4.78, 5) is 26.0. The number of hydrogen-bond acceptors (Lipinski definition) is 4. The van der Waals surface area contributed by atoms with Crippen molar-refractivity contribution in [2.24, 2.45) is 5.41 Å². The molecule has 22 heavy (non-hydrogen) atoms. The number of rotatable bonds is 3. The van der Waals surface area contributed by atoms with E-state index in [2.05, 4.69) is 15.3 Å². The Balaban J connectivity index is 1.93. The van der Waals surface area contributed by atoms with Crippen LogP contribution in [0.2, 0.25) is 0 Å². The van der Waals surface area contributed by atoms with Crippen LogP contribution in [0.5, 0.6) is 0 Å². The smallest absolute Gasteiger partial charge is 0.268 e. The van der Waals surface area contributed by atoms with Crippen molar-refractivity contribution in [3.63, 3.8) is 0 Å². The highest BCUT2D eigenvalue weighted by Crippen LogP contribution is 2.19.